The van der Waals surface area contributed by atoms with Gasteiger partial charge in [-0.3, -0.25) is 4.79 Å². The zero-order valence-electron chi connectivity index (χ0n) is 6.91. The van der Waals surface area contributed by atoms with Gasteiger partial charge in [-0.25, -0.2) is 4.98 Å². The quantitative estimate of drug-likeness (QED) is 0.619. The lowest BCUT2D eigenvalue weighted by molar-refractivity contribution is 0.0827. The summed E-state index contributed by atoms with van der Waals surface area (Å²) >= 11 is 5.70. The Labute approximate surface area is 76.0 Å². The number of amides is 1. The summed E-state index contributed by atoms with van der Waals surface area (Å²) in [5, 5.41) is 0.246. The van der Waals surface area contributed by atoms with E-state index in [1.54, 1.807) is 32.4 Å². The fourth-order valence-electron chi connectivity index (χ4n) is 0.786. The lowest BCUT2D eigenvalue weighted by Gasteiger charge is -2.10. The fourth-order valence-corrected chi connectivity index (χ4v) is 0.987. The van der Waals surface area contributed by atoms with E-state index in [0.717, 1.165) is 0 Å². The molecule has 1 aromatic rings. The number of hydrogen-bond acceptors (Lipinski definition) is 2. The average molecular weight is 185 g/mol. The summed E-state index contributed by atoms with van der Waals surface area (Å²) < 4.78 is 0. The van der Waals surface area contributed by atoms with Gasteiger partial charge in [0.15, 0.2) is 0 Å². The fraction of sp³-hybridized carbons (Fsp3) is 0.250. The van der Waals surface area contributed by atoms with Crippen molar-refractivity contribution in [2.45, 2.75) is 0 Å². The summed E-state index contributed by atoms with van der Waals surface area (Å²) in [6, 6.07) is 3.33. The highest BCUT2D eigenvalue weighted by molar-refractivity contribution is 6.32. The molecule has 4 heteroatoms. The second-order valence-electron chi connectivity index (χ2n) is 2.54. The van der Waals surface area contributed by atoms with Gasteiger partial charge in [0.05, 0.1) is 5.56 Å². The third-order valence-electron chi connectivity index (χ3n) is 1.40. The normalized spacial score (nSPS) is 9.58. The number of halogens is 1. The van der Waals surface area contributed by atoms with Crippen molar-refractivity contribution in [2.24, 2.45) is 0 Å². The van der Waals surface area contributed by atoms with Crippen molar-refractivity contribution in [1.82, 2.24) is 9.88 Å². The Hall–Kier alpha value is -1.09. The average Bonchev–Trinajstić information content (AvgIpc) is 2.04. The van der Waals surface area contributed by atoms with Crippen molar-refractivity contribution in [3.63, 3.8) is 0 Å². The van der Waals surface area contributed by atoms with E-state index in [0.29, 0.717) is 5.56 Å². The zero-order chi connectivity index (χ0) is 9.14. The third-order valence-corrected chi connectivity index (χ3v) is 1.70. The first-order valence-electron chi connectivity index (χ1n) is 3.45. The van der Waals surface area contributed by atoms with E-state index in [1.165, 1.54) is 4.90 Å². The molecule has 0 aromatic carbocycles. The smallest absolute Gasteiger partial charge is 0.256 e. The highest BCUT2D eigenvalue weighted by atomic mass is 35.5. The van der Waals surface area contributed by atoms with Crippen molar-refractivity contribution in [1.29, 1.82) is 0 Å². The van der Waals surface area contributed by atoms with Crippen LogP contribution in [0.1, 0.15) is 10.4 Å². The van der Waals surface area contributed by atoms with Gasteiger partial charge in [-0.05, 0) is 12.1 Å². The minimum absolute atomic E-state index is 0.131. The van der Waals surface area contributed by atoms with Crippen LogP contribution >= 0.6 is 11.6 Å². The van der Waals surface area contributed by atoms with Gasteiger partial charge in [0.25, 0.3) is 5.91 Å². The van der Waals surface area contributed by atoms with Crippen LogP contribution in [-0.2, 0) is 0 Å². The molecule has 0 aliphatic rings. The molecule has 0 aliphatic carbocycles. The number of aromatic nitrogens is 1. The van der Waals surface area contributed by atoms with Gasteiger partial charge in [-0.1, -0.05) is 11.6 Å². The molecule has 0 fully saturated rings. The van der Waals surface area contributed by atoms with Gasteiger partial charge in [-0.2, -0.15) is 0 Å². The molecule has 0 aliphatic heterocycles. The number of carbonyl (C=O) groups excluding carboxylic acids is 1. The summed E-state index contributed by atoms with van der Waals surface area (Å²) in [6.45, 7) is 0. The molecule has 1 aromatic heterocycles. The molecule has 0 atom stereocenters. The largest absolute Gasteiger partial charge is 0.345 e. The van der Waals surface area contributed by atoms with Crippen LogP contribution in [-0.4, -0.2) is 29.9 Å². The summed E-state index contributed by atoms with van der Waals surface area (Å²) in [6.07, 6.45) is 1.55. The van der Waals surface area contributed by atoms with Crippen LogP contribution in [0.25, 0.3) is 0 Å². The van der Waals surface area contributed by atoms with Crippen molar-refractivity contribution >= 4 is 17.5 Å². The SMILES string of the molecule is CN(C)C(=O)c1cccnc1Cl. The zero-order valence-corrected chi connectivity index (χ0v) is 7.67. The summed E-state index contributed by atoms with van der Waals surface area (Å²) in [7, 11) is 3.34. The van der Waals surface area contributed by atoms with E-state index in [-0.39, 0.29) is 11.1 Å². The molecule has 12 heavy (non-hydrogen) atoms. The lowest BCUT2D eigenvalue weighted by Crippen LogP contribution is -2.22. The predicted octanol–water partition coefficient (Wildman–Crippen LogP) is 1.44. The Morgan fingerprint density at radius 3 is 2.75 bits per heavy atom. The molecule has 0 bridgehead atoms. The first-order chi connectivity index (χ1) is 5.63. The Morgan fingerprint density at radius 1 is 1.58 bits per heavy atom. The number of pyridine rings is 1. The van der Waals surface area contributed by atoms with Crippen molar-refractivity contribution in [2.75, 3.05) is 14.1 Å². The van der Waals surface area contributed by atoms with E-state index < -0.39 is 0 Å². The van der Waals surface area contributed by atoms with E-state index in [9.17, 15) is 4.79 Å². The number of nitrogens with zero attached hydrogens (tertiary/aromatic N) is 2. The van der Waals surface area contributed by atoms with Crippen LogP contribution in [0.4, 0.5) is 0 Å². The third kappa shape index (κ3) is 1.74. The Bertz CT molecular complexity index is 299. The standard InChI is InChI=1S/C8H9ClN2O/c1-11(2)8(12)6-4-3-5-10-7(6)9/h3-5H,1-2H3. The van der Waals surface area contributed by atoms with Crippen LogP contribution in [0.5, 0.6) is 0 Å². The molecular weight excluding hydrogens is 176 g/mol. The molecule has 0 spiro atoms. The van der Waals surface area contributed by atoms with Crippen molar-refractivity contribution in [3.8, 4) is 0 Å². The summed E-state index contributed by atoms with van der Waals surface area (Å²) in [5.41, 5.74) is 0.434. The van der Waals surface area contributed by atoms with Gasteiger partial charge < -0.3 is 4.90 Å². The number of carbonyl (C=O) groups is 1. The molecule has 1 heterocycles. The first kappa shape index (κ1) is 9.00. The Kier molecular flexibility index (Phi) is 2.65. The number of rotatable bonds is 1. The second-order valence-corrected chi connectivity index (χ2v) is 2.90. The molecule has 0 saturated heterocycles. The van der Waals surface area contributed by atoms with Gasteiger partial charge in [0, 0.05) is 20.3 Å². The van der Waals surface area contributed by atoms with Crippen LogP contribution in [0, 0.1) is 0 Å². The Morgan fingerprint density at radius 2 is 2.25 bits per heavy atom. The lowest BCUT2D eigenvalue weighted by atomic mass is 10.2. The molecule has 0 N–H and O–H groups in total. The summed E-state index contributed by atoms with van der Waals surface area (Å²) in [4.78, 5) is 16.6. The van der Waals surface area contributed by atoms with Gasteiger partial charge >= 0.3 is 0 Å². The maximum atomic E-state index is 11.4. The molecule has 0 saturated carbocycles. The van der Waals surface area contributed by atoms with E-state index in [1.807, 2.05) is 0 Å². The summed E-state index contributed by atoms with van der Waals surface area (Å²) in [5.74, 6) is -0.131. The highest BCUT2D eigenvalue weighted by Crippen LogP contribution is 2.12. The van der Waals surface area contributed by atoms with Crippen LogP contribution in [0.3, 0.4) is 0 Å². The van der Waals surface area contributed by atoms with Gasteiger partial charge in [0.2, 0.25) is 0 Å². The highest BCUT2D eigenvalue weighted by Gasteiger charge is 2.11. The maximum Gasteiger partial charge on any atom is 0.256 e. The molecule has 1 amide bonds. The minimum atomic E-state index is -0.131. The molecule has 0 radical (unpaired) electrons. The van der Waals surface area contributed by atoms with Crippen LogP contribution in [0.15, 0.2) is 18.3 Å². The monoisotopic (exact) mass is 184 g/mol. The topological polar surface area (TPSA) is 33.2 Å². The molecule has 0 unspecified atom stereocenters. The van der Waals surface area contributed by atoms with E-state index in [4.69, 9.17) is 11.6 Å². The molecule has 64 valence electrons. The first-order valence-corrected chi connectivity index (χ1v) is 3.83. The number of hydrogen-bond donors (Lipinski definition) is 0. The van der Waals surface area contributed by atoms with Crippen LogP contribution in [0.2, 0.25) is 5.15 Å². The molecule has 1 rings (SSSR count). The van der Waals surface area contributed by atoms with E-state index in [2.05, 4.69) is 4.98 Å². The molecular formula is C8H9ClN2O. The molecule has 3 nitrogen and oxygen atoms in total. The van der Waals surface area contributed by atoms with Crippen molar-refractivity contribution < 1.29 is 4.79 Å². The second kappa shape index (κ2) is 3.54. The van der Waals surface area contributed by atoms with Gasteiger partial charge in [-0.15, -0.1) is 0 Å². The minimum Gasteiger partial charge on any atom is -0.345 e. The predicted molar refractivity (Wildman–Crippen MR) is 47.3 cm³/mol. The van der Waals surface area contributed by atoms with Gasteiger partial charge in [0.1, 0.15) is 5.15 Å². The maximum absolute atomic E-state index is 11.4. The van der Waals surface area contributed by atoms with Crippen LogP contribution < -0.4 is 0 Å². The van der Waals surface area contributed by atoms with E-state index >= 15 is 0 Å². The van der Waals surface area contributed by atoms with Crippen molar-refractivity contribution in [3.05, 3.63) is 29.0 Å². The Balaban J connectivity index is 3.03.